The molecule has 2 fully saturated rings. The number of aryl methyl sites for hydroxylation is 1. The number of likely N-dealkylation sites (tertiary alicyclic amines) is 2. The van der Waals surface area contributed by atoms with E-state index in [2.05, 4.69) is 47.2 Å². The molecule has 2 aromatic heterocycles. The molecule has 168 valence electrons. The van der Waals surface area contributed by atoms with E-state index in [-0.39, 0.29) is 36.1 Å². The van der Waals surface area contributed by atoms with E-state index >= 15 is 0 Å². The Morgan fingerprint density at radius 3 is 2.66 bits per heavy atom. The van der Waals surface area contributed by atoms with Crippen LogP contribution >= 0.6 is 12.4 Å². The van der Waals surface area contributed by atoms with Crippen molar-refractivity contribution in [2.45, 2.75) is 32.1 Å². The number of H-pyrrole nitrogens is 1. The summed E-state index contributed by atoms with van der Waals surface area (Å²) in [5, 5.41) is 1.22. The van der Waals surface area contributed by atoms with Crippen molar-refractivity contribution in [3.05, 3.63) is 54.0 Å². The molecule has 7 heteroatoms. The first-order chi connectivity index (χ1) is 15.0. The Bertz CT molecular complexity index is 1140. The number of hydrogen-bond donors (Lipinski definition) is 1. The number of piperidine rings is 1. The molecule has 1 N–H and O–H groups in total. The Hall–Kier alpha value is -2.86. The van der Waals surface area contributed by atoms with Crippen LogP contribution in [-0.2, 0) is 9.59 Å². The molecule has 4 heterocycles. The topological polar surface area (TPSA) is 69.3 Å². The lowest BCUT2D eigenvalue weighted by atomic mass is 9.89. The van der Waals surface area contributed by atoms with Crippen LogP contribution in [0.4, 0.5) is 0 Å². The summed E-state index contributed by atoms with van der Waals surface area (Å²) in [4.78, 5) is 36.7. The second-order valence-electron chi connectivity index (χ2n) is 8.95. The maximum Gasteiger partial charge on any atom is 0.228 e. The number of carbonyl (C=O) groups is 2. The van der Waals surface area contributed by atoms with Gasteiger partial charge in [0.15, 0.2) is 0 Å². The predicted octanol–water partition coefficient (Wildman–Crippen LogP) is 4.14. The number of aromatic amines is 1. The summed E-state index contributed by atoms with van der Waals surface area (Å²) < 4.78 is 0. The number of benzene rings is 1. The number of amides is 2. The predicted molar refractivity (Wildman–Crippen MR) is 128 cm³/mol. The number of fused-ring (bicyclic) bond motifs is 1. The summed E-state index contributed by atoms with van der Waals surface area (Å²) >= 11 is 0. The average Bonchev–Trinajstić information content (AvgIpc) is 3.35. The molecule has 3 aromatic rings. The van der Waals surface area contributed by atoms with Crippen LogP contribution in [0.25, 0.3) is 22.0 Å². The largest absolute Gasteiger partial charge is 0.357 e. The zero-order valence-electron chi connectivity index (χ0n) is 18.5. The quantitative estimate of drug-likeness (QED) is 0.649. The van der Waals surface area contributed by atoms with Crippen molar-refractivity contribution in [3.8, 4) is 11.1 Å². The highest BCUT2D eigenvalue weighted by Crippen LogP contribution is 2.40. The van der Waals surface area contributed by atoms with E-state index in [0.29, 0.717) is 19.5 Å². The standard InChI is InChI=1S/C25H28N4O2.ClH/c1-16-5-3-7-20-22(17-8-10-26-11-9-17)24(27-23(16)20)18-6-4-12-29(15-18)25(31)19-13-21(30)28(2)14-19;/h3,5,7-11,18-19,27H,4,6,12-15H2,1-2H3;1H. The molecule has 2 amide bonds. The Morgan fingerprint density at radius 1 is 1.16 bits per heavy atom. The molecule has 0 spiro atoms. The molecule has 2 unspecified atom stereocenters. The van der Waals surface area contributed by atoms with Gasteiger partial charge in [0, 0.05) is 73.6 Å². The van der Waals surface area contributed by atoms with Gasteiger partial charge in [0.1, 0.15) is 0 Å². The van der Waals surface area contributed by atoms with E-state index in [1.807, 2.05) is 17.3 Å². The van der Waals surface area contributed by atoms with Gasteiger partial charge in [0.2, 0.25) is 11.8 Å². The first-order valence-electron chi connectivity index (χ1n) is 11.1. The highest BCUT2D eigenvalue weighted by atomic mass is 35.5. The lowest BCUT2D eigenvalue weighted by Gasteiger charge is -2.34. The van der Waals surface area contributed by atoms with Gasteiger partial charge in [-0.1, -0.05) is 18.2 Å². The van der Waals surface area contributed by atoms with Crippen LogP contribution in [-0.4, -0.2) is 58.3 Å². The minimum atomic E-state index is -0.208. The number of aromatic nitrogens is 2. The summed E-state index contributed by atoms with van der Waals surface area (Å²) in [6.07, 6.45) is 6.01. The fourth-order valence-electron chi connectivity index (χ4n) is 5.22. The fourth-order valence-corrected chi connectivity index (χ4v) is 5.22. The van der Waals surface area contributed by atoms with Crippen molar-refractivity contribution >= 4 is 35.1 Å². The molecule has 2 saturated heterocycles. The smallest absolute Gasteiger partial charge is 0.228 e. The highest BCUT2D eigenvalue weighted by molar-refractivity contribution is 5.99. The van der Waals surface area contributed by atoms with Crippen LogP contribution in [0.3, 0.4) is 0 Å². The zero-order chi connectivity index (χ0) is 21.5. The number of nitrogens with one attached hydrogen (secondary N) is 1. The molecule has 2 atom stereocenters. The SMILES string of the molecule is Cc1cccc2c(-c3ccncc3)c(C3CCCN(C(=O)C4CC(=O)N(C)C4)C3)[nH]c12.Cl. The monoisotopic (exact) mass is 452 g/mol. The molecule has 0 saturated carbocycles. The average molecular weight is 453 g/mol. The Balaban J connectivity index is 0.00000245. The number of carbonyl (C=O) groups excluding carboxylic acids is 2. The van der Waals surface area contributed by atoms with Crippen molar-refractivity contribution in [3.63, 3.8) is 0 Å². The minimum Gasteiger partial charge on any atom is -0.357 e. The molecular formula is C25H29ClN4O2. The van der Waals surface area contributed by atoms with Crippen LogP contribution < -0.4 is 0 Å². The number of halogens is 1. The maximum atomic E-state index is 13.2. The third-order valence-electron chi connectivity index (χ3n) is 6.87. The van der Waals surface area contributed by atoms with Gasteiger partial charge in [-0.25, -0.2) is 0 Å². The molecular weight excluding hydrogens is 424 g/mol. The molecule has 2 aliphatic rings. The Morgan fingerprint density at radius 2 is 1.94 bits per heavy atom. The van der Waals surface area contributed by atoms with E-state index in [1.165, 1.54) is 22.2 Å². The van der Waals surface area contributed by atoms with Crippen LogP contribution in [0.2, 0.25) is 0 Å². The first kappa shape index (κ1) is 22.3. The lowest BCUT2D eigenvalue weighted by Crippen LogP contribution is -2.43. The van der Waals surface area contributed by atoms with Crippen LogP contribution in [0.5, 0.6) is 0 Å². The maximum absolute atomic E-state index is 13.2. The lowest BCUT2D eigenvalue weighted by molar-refractivity contribution is -0.137. The molecule has 2 aliphatic heterocycles. The summed E-state index contributed by atoms with van der Waals surface area (Å²) in [6, 6.07) is 10.5. The van der Waals surface area contributed by atoms with Crippen molar-refractivity contribution in [2.24, 2.45) is 5.92 Å². The number of rotatable bonds is 3. The van der Waals surface area contributed by atoms with Gasteiger partial charge in [-0.15, -0.1) is 12.4 Å². The van der Waals surface area contributed by atoms with Gasteiger partial charge in [-0.3, -0.25) is 14.6 Å². The van der Waals surface area contributed by atoms with Crippen LogP contribution in [0.1, 0.15) is 36.4 Å². The zero-order valence-corrected chi connectivity index (χ0v) is 19.3. The van der Waals surface area contributed by atoms with E-state index < -0.39 is 0 Å². The van der Waals surface area contributed by atoms with Crippen LogP contribution in [0, 0.1) is 12.8 Å². The van der Waals surface area contributed by atoms with Crippen molar-refractivity contribution < 1.29 is 9.59 Å². The van der Waals surface area contributed by atoms with Gasteiger partial charge in [0.05, 0.1) is 5.92 Å². The number of nitrogens with zero attached hydrogens (tertiary/aromatic N) is 3. The van der Waals surface area contributed by atoms with Crippen molar-refractivity contribution in [2.75, 3.05) is 26.7 Å². The third-order valence-corrected chi connectivity index (χ3v) is 6.87. The van der Waals surface area contributed by atoms with E-state index in [1.54, 1.807) is 11.9 Å². The molecule has 0 bridgehead atoms. The summed E-state index contributed by atoms with van der Waals surface area (Å²) in [5.74, 6) is 0.224. The van der Waals surface area contributed by atoms with E-state index in [9.17, 15) is 9.59 Å². The van der Waals surface area contributed by atoms with E-state index in [0.717, 1.165) is 30.5 Å². The molecule has 5 rings (SSSR count). The normalized spacial score (nSPS) is 21.1. The number of hydrogen-bond acceptors (Lipinski definition) is 3. The summed E-state index contributed by atoms with van der Waals surface area (Å²) in [5.41, 5.74) is 5.95. The van der Waals surface area contributed by atoms with Crippen molar-refractivity contribution in [1.82, 2.24) is 19.8 Å². The second-order valence-corrected chi connectivity index (χ2v) is 8.95. The Labute approximate surface area is 194 Å². The Kier molecular flexibility index (Phi) is 6.24. The van der Waals surface area contributed by atoms with Gasteiger partial charge >= 0.3 is 0 Å². The summed E-state index contributed by atoms with van der Waals surface area (Å²) in [7, 11) is 1.78. The fraction of sp³-hybridized carbons (Fsp3) is 0.400. The van der Waals surface area contributed by atoms with Gasteiger partial charge in [0.25, 0.3) is 0 Å². The van der Waals surface area contributed by atoms with Crippen LogP contribution in [0.15, 0.2) is 42.7 Å². The highest BCUT2D eigenvalue weighted by Gasteiger charge is 2.37. The van der Waals surface area contributed by atoms with Crippen molar-refractivity contribution in [1.29, 1.82) is 0 Å². The third kappa shape index (κ3) is 3.88. The molecule has 0 aliphatic carbocycles. The molecule has 0 radical (unpaired) electrons. The molecule has 1 aromatic carbocycles. The first-order valence-corrected chi connectivity index (χ1v) is 11.1. The second kappa shape index (κ2) is 8.94. The van der Waals surface area contributed by atoms with E-state index in [4.69, 9.17) is 0 Å². The van der Waals surface area contributed by atoms with Gasteiger partial charge in [-0.05, 0) is 43.0 Å². The minimum absolute atomic E-state index is 0. The number of pyridine rings is 1. The number of para-hydroxylation sites is 1. The van der Waals surface area contributed by atoms with Gasteiger partial charge < -0.3 is 14.8 Å². The summed E-state index contributed by atoms with van der Waals surface area (Å²) in [6.45, 7) is 4.13. The molecule has 32 heavy (non-hydrogen) atoms. The van der Waals surface area contributed by atoms with Gasteiger partial charge in [-0.2, -0.15) is 0 Å². The molecule has 6 nitrogen and oxygen atoms in total.